The number of rotatable bonds is 4. The fourth-order valence-electron chi connectivity index (χ4n) is 1.71. The molecule has 0 amide bonds. The van der Waals surface area contributed by atoms with Gasteiger partial charge in [0.2, 0.25) is 0 Å². The molecular weight excluding hydrogens is 268 g/mol. The maximum Gasteiger partial charge on any atom is 0.269 e. The second kappa shape index (κ2) is 5.64. The Hall–Kier alpha value is -2.50. The van der Waals surface area contributed by atoms with Crippen LogP contribution in [-0.4, -0.2) is 4.92 Å². The summed E-state index contributed by atoms with van der Waals surface area (Å²) in [5, 5.41) is 10.7. The summed E-state index contributed by atoms with van der Waals surface area (Å²) < 4.78 is 31.3. The molecule has 0 aliphatic rings. The molecule has 0 spiro atoms. The minimum Gasteiger partial charge on any atom is -0.486 e. The van der Waals surface area contributed by atoms with Crippen LogP contribution < -0.4 is 4.74 Å². The average Bonchev–Trinajstić information content (AvgIpc) is 2.43. The fourth-order valence-corrected chi connectivity index (χ4v) is 1.71. The average molecular weight is 279 g/mol. The van der Waals surface area contributed by atoms with Crippen LogP contribution in [0.2, 0.25) is 0 Å². The lowest BCUT2D eigenvalue weighted by Crippen LogP contribution is -2.04. The first kappa shape index (κ1) is 13.9. The van der Waals surface area contributed by atoms with Gasteiger partial charge in [0.25, 0.3) is 5.69 Å². The highest BCUT2D eigenvalue weighted by molar-refractivity contribution is 5.36. The molecule has 0 heterocycles. The van der Waals surface area contributed by atoms with E-state index in [0.29, 0.717) is 5.56 Å². The van der Waals surface area contributed by atoms with Crippen molar-refractivity contribution in [2.75, 3.05) is 0 Å². The van der Waals surface area contributed by atoms with Crippen LogP contribution in [0.5, 0.6) is 5.75 Å². The van der Waals surface area contributed by atoms with Gasteiger partial charge in [-0.05, 0) is 24.6 Å². The van der Waals surface area contributed by atoms with Crippen LogP contribution >= 0.6 is 0 Å². The zero-order chi connectivity index (χ0) is 14.7. The molecule has 0 saturated heterocycles. The zero-order valence-corrected chi connectivity index (χ0v) is 10.5. The molecule has 0 radical (unpaired) electrons. The van der Waals surface area contributed by atoms with Crippen LogP contribution in [0.15, 0.2) is 42.5 Å². The highest BCUT2D eigenvalue weighted by atomic mass is 19.2. The minimum atomic E-state index is -1.01. The van der Waals surface area contributed by atoms with E-state index in [0.717, 1.165) is 12.1 Å². The Kier molecular flexibility index (Phi) is 3.93. The van der Waals surface area contributed by atoms with Crippen molar-refractivity contribution in [1.29, 1.82) is 0 Å². The summed E-state index contributed by atoms with van der Waals surface area (Å²) in [6.45, 7) is 1.67. The number of nitrogens with zero attached hydrogens (tertiary/aromatic N) is 1. The summed E-state index contributed by atoms with van der Waals surface area (Å²) in [5.74, 6) is -1.81. The largest absolute Gasteiger partial charge is 0.486 e. The van der Waals surface area contributed by atoms with Crippen molar-refractivity contribution in [2.24, 2.45) is 0 Å². The molecule has 0 fully saturated rings. The molecule has 4 nitrogen and oxygen atoms in total. The maximum absolute atomic E-state index is 13.1. The molecule has 2 aromatic rings. The number of hydrogen-bond acceptors (Lipinski definition) is 3. The third kappa shape index (κ3) is 3.09. The molecule has 0 N–H and O–H groups in total. The molecule has 20 heavy (non-hydrogen) atoms. The third-order valence-corrected chi connectivity index (χ3v) is 2.75. The minimum absolute atomic E-state index is 0.0526. The first-order valence-corrected chi connectivity index (χ1v) is 5.83. The number of halogens is 2. The molecule has 104 valence electrons. The lowest BCUT2D eigenvalue weighted by Gasteiger charge is -2.15. The Bertz CT molecular complexity index is 646. The van der Waals surface area contributed by atoms with Crippen LogP contribution in [-0.2, 0) is 0 Å². The van der Waals surface area contributed by atoms with Crippen LogP contribution in [0.25, 0.3) is 0 Å². The quantitative estimate of drug-likeness (QED) is 0.627. The van der Waals surface area contributed by atoms with Crippen molar-refractivity contribution in [3.8, 4) is 5.75 Å². The lowest BCUT2D eigenvalue weighted by atomic mass is 10.1. The first-order valence-electron chi connectivity index (χ1n) is 5.83. The van der Waals surface area contributed by atoms with Gasteiger partial charge in [0.1, 0.15) is 11.9 Å². The summed E-state index contributed by atoms with van der Waals surface area (Å²) >= 11 is 0. The van der Waals surface area contributed by atoms with Gasteiger partial charge in [-0.25, -0.2) is 8.78 Å². The number of nitro benzene ring substituents is 1. The Morgan fingerprint density at radius 1 is 1.15 bits per heavy atom. The smallest absolute Gasteiger partial charge is 0.269 e. The van der Waals surface area contributed by atoms with E-state index in [1.165, 1.54) is 18.2 Å². The lowest BCUT2D eigenvalue weighted by molar-refractivity contribution is -0.385. The van der Waals surface area contributed by atoms with Gasteiger partial charge in [-0.2, -0.15) is 0 Å². The molecule has 1 atom stereocenters. The predicted molar refractivity (Wildman–Crippen MR) is 68.5 cm³/mol. The molecule has 0 aliphatic carbocycles. The maximum atomic E-state index is 13.1. The highest BCUT2D eigenvalue weighted by Crippen LogP contribution is 2.25. The van der Waals surface area contributed by atoms with Crippen molar-refractivity contribution < 1.29 is 18.4 Å². The van der Waals surface area contributed by atoms with Crippen molar-refractivity contribution in [2.45, 2.75) is 13.0 Å². The van der Waals surface area contributed by atoms with Gasteiger partial charge in [0, 0.05) is 18.2 Å². The summed E-state index contributed by atoms with van der Waals surface area (Å²) in [7, 11) is 0. The Morgan fingerprint density at radius 2 is 1.90 bits per heavy atom. The van der Waals surface area contributed by atoms with Crippen molar-refractivity contribution in [3.05, 3.63) is 69.8 Å². The number of non-ortho nitro benzene ring substituents is 1. The normalized spacial score (nSPS) is 11.9. The van der Waals surface area contributed by atoms with Gasteiger partial charge in [-0.3, -0.25) is 10.1 Å². The molecule has 0 aliphatic heterocycles. The van der Waals surface area contributed by atoms with Gasteiger partial charge in [0.15, 0.2) is 11.6 Å². The monoisotopic (exact) mass is 279 g/mol. The Labute approximate surface area is 113 Å². The molecule has 2 rings (SSSR count). The SMILES string of the molecule is CC(Oc1ccc(F)c(F)c1)c1cccc([N+](=O)[O-])c1. The molecular formula is C14H11F2NO3. The zero-order valence-electron chi connectivity index (χ0n) is 10.5. The van der Waals surface area contributed by atoms with Gasteiger partial charge < -0.3 is 4.74 Å². The van der Waals surface area contributed by atoms with E-state index < -0.39 is 22.7 Å². The fraction of sp³-hybridized carbons (Fsp3) is 0.143. The summed E-state index contributed by atoms with van der Waals surface area (Å²) in [6.07, 6.45) is -0.528. The van der Waals surface area contributed by atoms with E-state index in [1.807, 2.05) is 0 Å². The Morgan fingerprint density at radius 3 is 2.55 bits per heavy atom. The summed E-state index contributed by atoms with van der Waals surface area (Å²) in [4.78, 5) is 10.2. The number of benzene rings is 2. The molecule has 0 bridgehead atoms. The van der Waals surface area contributed by atoms with E-state index in [9.17, 15) is 18.9 Å². The molecule has 6 heteroatoms. The van der Waals surface area contributed by atoms with Crippen molar-refractivity contribution in [1.82, 2.24) is 0 Å². The van der Waals surface area contributed by atoms with Gasteiger partial charge in [0.05, 0.1) is 4.92 Å². The van der Waals surface area contributed by atoms with Crippen LogP contribution in [0, 0.1) is 21.7 Å². The van der Waals surface area contributed by atoms with Gasteiger partial charge in [-0.15, -0.1) is 0 Å². The molecule has 1 unspecified atom stereocenters. The summed E-state index contributed by atoms with van der Waals surface area (Å²) in [5.41, 5.74) is 0.521. The van der Waals surface area contributed by atoms with Crippen molar-refractivity contribution >= 4 is 5.69 Å². The third-order valence-electron chi connectivity index (χ3n) is 2.75. The van der Waals surface area contributed by atoms with E-state index in [1.54, 1.807) is 19.1 Å². The highest BCUT2D eigenvalue weighted by Gasteiger charge is 2.13. The van der Waals surface area contributed by atoms with Crippen LogP contribution in [0.4, 0.5) is 14.5 Å². The van der Waals surface area contributed by atoms with Gasteiger partial charge >= 0.3 is 0 Å². The summed E-state index contributed by atoms with van der Waals surface area (Å²) in [6, 6.07) is 9.15. The van der Waals surface area contributed by atoms with E-state index in [4.69, 9.17) is 4.74 Å². The second-order valence-corrected chi connectivity index (χ2v) is 4.19. The number of nitro groups is 1. The van der Waals surface area contributed by atoms with Crippen LogP contribution in [0.3, 0.4) is 0 Å². The van der Waals surface area contributed by atoms with E-state index >= 15 is 0 Å². The van der Waals surface area contributed by atoms with Crippen LogP contribution in [0.1, 0.15) is 18.6 Å². The van der Waals surface area contributed by atoms with E-state index in [2.05, 4.69) is 0 Å². The molecule has 0 saturated carbocycles. The first-order chi connectivity index (χ1) is 9.47. The number of hydrogen-bond donors (Lipinski definition) is 0. The predicted octanol–water partition coefficient (Wildman–Crippen LogP) is 4.01. The van der Waals surface area contributed by atoms with E-state index in [-0.39, 0.29) is 11.4 Å². The topological polar surface area (TPSA) is 52.4 Å². The molecule has 2 aromatic carbocycles. The molecule has 0 aromatic heterocycles. The number of ether oxygens (including phenoxy) is 1. The van der Waals surface area contributed by atoms with Crippen molar-refractivity contribution in [3.63, 3.8) is 0 Å². The van der Waals surface area contributed by atoms with Gasteiger partial charge in [-0.1, -0.05) is 12.1 Å². The second-order valence-electron chi connectivity index (χ2n) is 4.19. The Balaban J connectivity index is 2.19. The standard InChI is InChI=1S/C14H11F2NO3/c1-9(10-3-2-4-11(7-10)17(18)19)20-12-5-6-13(15)14(16)8-12/h2-9H,1H3.